The van der Waals surface area contributed by atoms with Crippen molar-refractivity contribution in [2.75, 3.05) is 13.1 Å². The van der Waals surface area contributed by atoms with E-state index in [0.29, 0.717) is 55.6 Å². The number of likely N-dealkylation sites (tertiary alicyclic amines) is 2. The number of rotatable bonds is 6. The number of aliphatic hydroxyl groups is 1. The summed E-state index contributed by atoms with van der Waals surface area (Å²) in [6.07, 6.45) is 1.29. The summed E-state index contributed by atoms with van der Waals surface area (Å²) >= 11 is 0. The molecule has 3 heterocycles. The summed E-state index contributed by atoms with van der Waals surface area (Å²) in [5.41, 5.74) is 2.33. The van der Waals surface area contributed by atoms with Crippen molar-refractivity contribution in [1.82, 2.24) is 20.0 Å². The standard InChI is InChI=1S/C27H28N4O5/c32-24(17-4-2-1-3-5-17)22-11-10-19(31(22)27(34)35)12-16-6-8-18(9-7-16)26(33)30-13-20-21(14-30)23(20)25-29-28-15-36-25/h1-9,15,19-24,32H,10-14H2,(H,34,35)/t19-,20-,21+,22+,23+,24+/m0/s1. The summed E-state index contributed by atoms with van der Waals surface area (Å²) in [7, 11) is 0. The summed E-state index contributed by atoms with van der Waals surface area (Å²) in [6.45, 7) is 1.39. The Morgan fingerprint density at radius 1 is 1.03 bits per heavy atom. The molecule has 0 unspecified atom stereocenters. The van der Waals surface area contributed by atoms with Gasteiger partial charge in [0.15, 0.2) is 0 Å². The summed E-state index contributed by atoms with van der Waals surface area (Å²) in [5.74, 6) is 1.72. The molecule has 0 radical (unpaired) electrons. The number of carbonyl (C=O) groups is 2. The first-order valence-corrected chi connectivity index (χ1v) is 12.4. The number of carboxylic acid groups (broad SMARTS) is 1. The van der Waals surface area contributed by atoms with Crippen molar-refractivity contribution in [3.63, 3.8) is 0 Å². The maximum Gasteiger partial charge on any atom is 0.407 e. The van der Waals surface area contributed by atoms with Gasteiger partial charge in [0.05, 0.1) is 12.1 Å². The molecule has 0 spiro atoms. The minimum atomic E-state index is -1.02. The second-order valence-corrected chi connectivity index (χ2v) is 10.1. The third kappa shape index (κ3) is 4.03. The number of hydrogen-bond acceptors (Lipinski definition) is 6. The summed E-state index contributed by atoms with van der Waals surface area (Å²) in [6, 6.07) is 16.0. The van der Waals surface area contributed by atoms with Crippen LogP contribution in [0.1, 0.15) is 52.2 Å². The van der Waals surface area contributed by atoms with Crippen molar-refractivity contribution >= 4 is 12.0 Å². The minimum absolute atomic E-state index is 0.0112. The van der Waals surface area contributed by atoms with Gasteiger partial charge in [-0.25, -0.2) is 4.79 Å². The van der Waals surface area contributed by atoms with Gasteiger partial charge in [-0.3, -0.25) is 9.69 Å². The summed E-state index contributed by atoms with van der Waals surface area (Å²) < 4.78 is 5.33. The van der Waals surface area contributed by atoms with Gasteiger partial charge in [0.25, 0.3) is 5.91 Å². The zero-order valence-electron chi connectivity index (χ0n) is 19.7. The first-order chi connectivity index (χ1) is 17.5. The Bertz CT molecular complexity index is 1220. The molecule has 186 valence electrons. The molecule has 2 saturated heterocycles. The number of benzene rings is 2. The van der Waals surface area contributed by atoms with Crippen LogP contribution in [0.4, 0.5) is 4.79 Å². The van der Waals surface area contributed by atoms with Crippen LogP contribution in [0.15, 0.2) is 65.4 Å². The zero-order valence-corrected chi connectivity index (χ0v) is 19.7. The van der Waals surface area contributed by atoms with Crippen molar-refractivity contribution in [3.8, 4) is 0 Å². The fourth-order valence-corrected chi connectivity index (χ4v) is 6.22. The predicted octanol–water partition coefficient (Wildman–Crippen LogP) is 3.34. The fraction of sp³-hybridized carbons (Fsp3) is 0.407. The van der Waals surface area contributed by atoms with E-state index >= 15 is 0 Å². The maximum atomic E-state index is 13.0. The Morgan fingerprint density at radius 2 is 1.75 bits per heavy atom. The van der Waals surface area contributed by atoms with E-state index in [4.69, 9.17) is 4.42 Å². The highest BCUT2D eigenvalue weighted by molar-refractivity contribution is 5.94. The predicted molar refractivity (Wildman–Crippen MR) is 128 cm³/mol. The molecule has 2 amide bonds. The van der Waals surface area contributed by atoms with Crippen LogP contribution in [-0.4, -0.2) is 67.4 Å². The van der Waals surface area contributed by atoms with Crippen LogP contribution in [0.2, 0.25) is 0 Å². The summed E-state index contributed by atoms with van der Waals surface area (Å²) in [4.78, 5) is 28.4. The van der Waals surface area contributed by atoms with E-state index < -0.39 is 18.2 Å². The van der Waals surface area contributed by atoms with Crippen molar-refractivity contribution in [3.05, 3.63) is 83.6 Å². The molecule has 2 aromatic carbocycles. The van der Waals surface area contributed by atoms with Gasteiger partial charge in [0.1, 0.15) is 0 Å². The molecule has 2 aliphatic heterocycles. The van der Waals surface area contributed by atoms with Gasteiger partial charge in [-0.15, -0.1) is 10.2 Å². The largest absolute Gasteiger partial charge is 0.465 e. The van der Waals surface area contributed by atoms with E-state index in [2.05, 4.69) is 10.2 Å². The van der Waals surface area contributed by atoms with Crippen molar-refractivity contribution in [2.24, 2.45) is 11.8 Å². The lowest BCUT2D eigenvalue weighted by Crippen LogP contribution is -2.44. The lowest BCUT2D eigenvalue weighted by atomic mass is 10.0. The molecule has 9 heteroatoms. The van der Waals surface area contributed by atoms with Gasteiger partial charge >= 0.3 is 6.09 Å². The van der Waals surface area contributed by atoms with Crippen molar-refractivity contribution in [2.45, 2.75) is 43.4 Å². The molecule has 6 atom stereocenters. The van der Waals surface area contributed by atoms with Crippen LogP contribution in [-0.2, 0) is 6.42 Å². The van der Waals surface area contributed by atoms with Gasteiger partial charge in [0.2, 0.25) is 12.3 Å². The van der Waals surface area contributed by atoms with Crippen LogP contribution in [0.3, 0.4) is 0 Å². The molecule has 3 aliphatic rings. The molecule has 9 nitrogen and oxygen atoms in total. The van der Waals surface area contributed by atoms with E-state index in [1.165, 1.54) is 11.3 Å². The van der Waals surface area contributed by atoms with Gasteiger partial charge in [-0.1, -0.05) is 42.5 Å². The molecule has 1 saturated carbocycles. The third-order valence-corrected chi connectivity index (χ3v) is 8.09. The molecular weight excluding hydrogens is 460 g/mol. The highest BCUT2D eigenvalue weighted by Crippen LogP contribution is 2.57. The quantitative estimate of drug-likeness (QED) is 0.546. The Kier molecular flexibility index (Phi) is 5.72. The lowest BCUT2D eigenvalue weighted by molar-refractivity contribution is 0.0540. The van der Waals surface area contributed by atoms with Crippen LogP contribution < -0.4 is 0 Å². The minimum Gasteiger partial charge on any atom is -0.465 e. The second-order valence-electron chi connectivity index (χ2n) is 10.1. The Hall–Kier alpha value is -3.72. The summed E-state index contributed by atoms with van der Waals surface area (Å²) in [5, 5.41) is 28.5. The molecule has 2 N–H and O–H groups in total. The van der Waals surface area contributed by atoms with Crippen LogP contribution >= 0.6 is 0 Å². The van der Waals surface area contributed by atoms with Gasteiger partial charge in [-0.2, -0.15) is 0 Å². The molecule has 1 aliphatic carbocycles. The normalized spacial score (nSPS) is 27.6. The molecule has 1 aromatic heterocycles. The average Bonchev–Trinajstić information content (AvgIpc) is 3.39. The number of fused-ring (bicyclic) bond motifs is 1. The number of aromatic nitrogens is 2. The average molecular weight is 489 g/mol. The van der Waals surface area contributed by atoms with Crippen LogP contribution in [0.25, 0.3) is 0 Å². The van der Waals surface area contributed by atoms with E-state index in [0.717, 1.165) is 11.1 Å². The monoisotopic (exact) mass is 488 g/mol. The van der Waals surface area contributed by atoms with E-state index in [1.807, 2.05) is 59.5 Å². The Balaban J connectivity index is 1.08. The van der Waals surface area contributed by atoms with E-state index in [-0.39, 0.29) is 17.9 Å². The topological polar surface area (TPSA) is 120 Å². The maximum absolute atomic E-state index is 13.0. The molecule has 36 heavy (non-hydrogen) atoms. The molecule has 3 fully saturated rings. The van der Waals surface area contributed by atoms with E-state index in [9.17, 15) is 19.8 Å². The SMILES string of the molecule is O=C(c1ccc(C[C@@H]2CC[C@H]([C@H](O)c3ccccc3)N2C(=O)O)cc1)N1C[C@@H]2[C@H](C1)[C@H]2c1nnco1. The van der Waals surface area contributed by atoms with Gasteiger partial charge < -0.3 is 19.5 Å². The number of nitrogens with zero attached hydrogens (tertiary/aromatic N) is 4. The van der Waals surface area contributed by atoms with E-state index in [1.54, 1.807) is 0 Å². The Labute approximate surface area is 208 Å². The number of amides is 2. The lowest BCUT2D eigenvalue weighted by Gasteiger charge is -2.31. The van der Waals surface area contributed by atoms with Crippen molar-refractivity contribution in [1.29, 1.82) is 0 Å². The smallest absolute Gasteiger partial charge is 0.407 e. The zero-order chi connectivity index (χ0) is 24.8. The molecular formula is C27H28N4O5. The molecule has 6 rings (SSSR count). The number of aliphatic hydroxyl groups excluding tert-OH is 1. The molecule has 3 aromatic rings. The van der Waals surface area contributed by atoms with Crippen LogP contribution in [0.5, 0.6) is 0 Å². The number of piperidine rings is 1. The van der Waals surface area contributed by atoms with Gasteiger partial charge in [-0.05, 0) is 54.4 Å². The fourth-order valence-electron chi connectivity index (χ4n) is 6.22. The van der Waals surface area contributed by atoms with Crippen LogP contribution in [0, 0.1) is 11.8 Å². The first kappa shape index (κ1) is 22.7. The number of hydrogen-bond donors (Lipinski definition) is 2. The number of carbonyl (C=O) groups excluding carboxylic acids is 1. The molecule has 0 bridgehead atoms. The third-order valence-electron chi connectivity index (χ3n) is 8.09. The van der Waals surface area contributed by atoms with Gasteiger partial charge in [0, 0.05) is 30.6 Å². The van der Waals surface area contributed by atoms with Crippen molar-refractivity contribution < 1.29 is 24.2 Å². The Morgan fingerprint density at radius 3 is 2.39 bits per heavy atom. The highest BCUT2D eigenvalue weighted by atomic mass is 16.4. The second kappa shape index (κ2) is 9.05. The highest BCUT2D eigenvalue weighted by Gasteiger charge is 2.59. The first-order valence-electron chi connectivity index (χ1n) is 12.4.